The van der Waals surface area contributed by atoms with Gasteiger partial charge in [-0.3, -0.25) is 9.59 Å². The first-order valence-electron chi connectivity index (χ1n) is 10.2. The number of primary amides is 1. The Labute approximate surface area is 182 Å². The largest absolute Gasteiger partial charge is 0.369 e. The van der Waals surface area contributed by atoms with Gasteiger partial charge in [0.25, 0.3) is 0 Å². The monoisotopic (exact) mass is 433 g/mol. The summed E-state index contributed by atoms with van der Waals surface area (Å²) in [6, 6.07) is 13.9. The number of halogens is 1. The molecule has 2 aromatic heterocycles. The topological polar surface area (TPSA) is 116 Å². The Morgan fingerprint density at radius 1 is 1.19 bits per heavy atom. The fourth-order valence-electron chi connectivity index (χ4n) is 3.86. The van der Waals surface area contributed by atoms with Crippen molar-refractivity contribution in [2.45, 2.75) is 26.3 Å². The van der Waals surface area contributed by atoms with E-state index >= 15 is 0 Å². The highest BCUT2D eigenvalue weighted by molar-refractivity contribution is 6.07. The number of fused-ring (bicyclic) bond motifs is 1. The van der Waals surface area contributed by atoms with Gasteiger partial charge in [0.1, 0.15) is 11.2 Å². The Bertz CT molecular complexity index is 1350. The lowest BCUT2D eigenvalue weighted by molar-refractivity contribution is -0.135. The first-order valence-corrected chi connectivity index (χ1v) is 10.2. The lowest BCUT2D eigenvalue weighted by Crippen LogP contribution is -2.40. The molecule has 32 heavy (non-hydrogen) atoms. The van der Waals surface area contributed by atoms with E-state index in [-0.39, 0.29) is 18.3 Å². The van der Waals surface area contributed by atoms with Gasteiger partial charge in [-0.1, -0.05) is 17.3 Å². The van der Waals surface area contributed by atoms with E-state index in [1.165, 1.54) is 12.1 Å². The first-order chi connectivity index (χ1) is 15.4. The summed E-state index contributed by atoms with van der Waals surface area (Å²) in [5.74, 6) is -0.413. The zero-order valence-corrected chi connectivity index (χ0v) is 17.3. The highest BCUT2D eigenvalue weighted by Crippen LogP contribution is 2.45. The van der Waals surface area contributed by atoms with Crippen molar-refractivity contribution in [3.05, 3.63) is 65.8 Å². The van der Waals surface area contributed by atoms with Gasteiger partial charge in [0.05, 0.1) is 11.2 Å². The van der Waals surface area contributed by atoms with Gasteiger partial charge >= 0.3 is 0 Å². The fraction of sp³-hybridized carbons (Fsp3) is 0.217. The zero-order valence-electron chi connectivity index (χ0n) is 17.3. The number of aromatic nitrogens is 3. The molecule has 0 spiro atoms. The quantitative estimate of drug-likeness (QED) is 0.454. The van der Waals surface area contributed by atoms with Gasteiger partial charge in [0, 0.05) is 24.5 Å². The van der Waals surface area contributed by atoms with Crippen LogP contribution < -0.4 is 11.1 Å². The van der Waals surface area contributed by atoms with Gasteiger partial charge in [0.2, 0.25) is 23.5 Å². The predicted molar refractivity (Wildman–Crippen MR) is 114 cm³/mol. The van der Waals surface area contributed by atoms with Gasteiger partial charge in [0.15, 0.2) is 0 Å². The van der Waals surface area contributed by atoms with E-state index in [0.29, 0.717) is 35.6 Å². The number of nitrogens with two attached hydrogens (primary N) is 1. The number of amides is 2. The number of rotatable bonds is 6. The zero-order chi connectivity index (χ0) is 22.5. The number of benzene rings is 2. The Morgan fingerprint density at radius 2 is 1.94 bits per heavy atom. The van der Waals surface area contributed by atoms with Crippen LogP contribution in [0.3, 0.4) is 0 Å². The van der Waals surface area contributed by atoms with E-state index < -0.39 is 11.3 Å². The van der Waals surface area contributed by atoms with Gasteiger partial charge in [-0.15, -0.1) is 0 Å². The minimum absolute atomic E-state index is 0.280. The number of nitrogens with one attached hydrogen (secondary N) is 1. The van der Waals surface area contributed by atoms with E-state index in [9.17, 15) is 14.0 Å². The SMILES string of the molecule is Cc1nc(-c2cc3cc(F)ccc3n2-c2ccc(CNC(=O)C3(C(N)=O)CC3)cc2)no1. The van der Waals surface area contributed by atoms with Crippen molar-refractivity contribution < 1.29 is 18.5 Å². The van der Waals surface area contributed by atoms with Gasteiger partial charge in [-0.2, -0.15) is 4.98 Å². The molecule has 0 atom stereocenters. The van der Waals surface area contributed by atoms with E-state index in [0.717, 1.165) is 16.8 Å². The summed E-state index contributed by atoms with van der Waals surface area (Å²) >= 11 is 0. The van der Waals surface area contributed by atoms with Crippen molar-refractivity contribution in [1.82, 2.24) is 20.0 Å². The minimum Gasteiger partial charge on any atom is -0.369 e. The molecule has 1 saturated carbocycles. The van der Waals surface area contributed by atoms with E-state index in [2.05, 4.69) is 15.5 Å². The number of hydrogen-bond donors (Lipinski definition) is 2. The molecule has 3 N–H and O–H groups in total. The third kappa shape index (κ3) is 3.31. The Balaban J connectivity index is 1.45. The highest BCUT2D eigenvalue weighted by atomic mass is 19.1. The molecule has 9 heteroatoms. The summed E-state index contributed by atoms with van der Waals surface area (Å²) in [5, 5.41) is 7.51. The lowest BCUT2D eigenvalue weighted by Gasteiger charge is -2.13. The molecular weight excluding hydrogens is 413 g/mol. The second-order valence-electron chi connectivity index (χ2n) is 8.00. The second-order valence-corrected chi connectivity index (χ2v) is 8.00. The molecule has 0 bridgehead atoms. The van der Waals surface area contributed by atoms with Crippen LogP contribution in [-0.2, 0) is 16.1 Å². The van der Waals surface area contributed by atoms with Crippen molar-refractivity contribution in [1.29, 1.82) is 0 Å². The van der Waals surface area contributed by atoms with E-state index in [1.54, 1.807) is 13.0 Å². The molecule has 0 radical (unpaired) electrons. The molecule has 2 heterocycles. The van der Waals surface area contributed by atoms with Crippen LogP contribution in [0, 0.1) is 18.2 Å². The van der Waals surface area contributed by atoms with Crippen molar-refractivity contribution in [3.8, 4) is 17.2 Å². The molecule has 0 saturated heterocycles. The lowest BCUT2D eigenvalue weighted by atomic mass is 10.1. The maximum Gasteiger partial charge on any atom is 0.235 e. The molecule has 4 aromatic rings. The Hall–Kier alpha value is -4.01. The van der Waals surface area contributed by atoms with Crippen LogP contribution in [0.5, 0.6) is 0 Å². The van der Waals surface area contributed by atoms with Crippen molar-refractivity contribution in [3.63, 3.8) is 0 Å². The fourth-order valence-corrected chi connectivity index (χ4v) is 3.86. The van der Waals surface area contributed by atoms with Crippen molar-refractivity contribution in [2.75, 3.05) is 0 Å². The number of carbonyl (C=O) groups is 2. The number of hydrogen-bond acceptors (Lipinski definition) is 5. The number of aryl methyl sites for hydroxylation is 1. The molecule has 8 nitrogen and oxygen atoms in total. The Kier molecular flexibility index (Phi) is 4.54. The van der Waals surface area contributed by atoms with Gasteiger partial charge < -0.3 is 20.1 Å². The van der Waals surface area contributed by atoms with Crippen LogP contribution in [-0.4, -0.2) is 26.5 Å². The molecule has 2 amide bonds. The third-order valence-corrected chi connectivity index (χ3v) is 5.82. The number of carbonyl (C=O) groups excluding carboxylic acids is 2. The highest BCUT2D eigenvalue weighted by Gasteiger charge is 2.55. The average molecular weight is 433 g/mol. The standard InChI is InChI=1S/C23H20FN5O3/c1-13-27-20(28-32-13)19-11-15-10-16(24)4-7-18(15)29(19)17-5-2-14(3-6-17)12-26-22(31)23(8-9-23)21(25)30/h2-7,10-11H,8-9,12H2,1H3,(H2,25,30)(H,26,31). The molecule has 162 valence electrons. The molecule has 0 unspecified atom stereocenters. The molecule has 1 aliphatic rings. The molecule has 1 fully saturated rings. The maximum atomic E-state index is 13.8. The van der Waals surface area contributed by atoms with Gasteiger partial charge in [-0.05, 0) is 54.8 Å². The van der Waals surface area contributed by atoms with Crippen molar-refractivity contribution >= 4 is 22.7 Å². The summed E-state index contributed by atoms with van der Waals surface area (Å²) < 4.78 is 20.9. The summed E-state index contributed by atoms with van der Waals surface area (Å²) in [4.78, 5) is 28.1. The predicted octanol–water partition coefficient (Wildman–Crippen LogP) is 3.01. The van der Waals surface area contributed by atoms with Crippen LogP contribution in [0.15, 0.2) is 53.1 Å². The third-order valence-electron chi connectivity index (χ3n) is 5.82. The van der Waals surface area contributed by atoms with Crippen LogP contribution in [0.2, 0.25) is 0 Å². The molecule has 2 aromatic carbocycles. The molecule has 1 aliphatic carbocycles. The smallest absolute Gasteiger partial charge is 0.235 e. The van der Waals surface area contributed by atoms with Crippen molar-refractivity contribution in [2.24, 2.45) is 11.1 Å². The van der Waals surface area contributed by atoms with E-state index in [1.807, 2.05) is 34.9 Å². The second kappa shape index (κ2) is 7.30. The molecular formula is C23H20FN5O3. The summed E-state index contributed by atoms with van der Waals surface area (Å²) in [6.07, 6.45) is 0.986. The van der Waals surface area contributed by atoms with Crippen LogP contribution in [0.1, 0.15) is 24.3 Å². The molecule has 5 rings (SSSR count). The molecule has 0 aliphatic heterocycles. The maximum absolute atomic E-state index is 13.8. The van der Waals surface area contributed by atoms with Crippen LogP contribution in [0.4, 0.5) is 4.39 Å². The van der Waals surface area contributed by atoms with E-state index in [4.69, 9.17) is 10.3 Å². The average Bonchev–Trinajstić information content (AvgIpc) is 3.36. The minimum atomic E-state index is -1.04. The summed E-state index contributed by atoms with van der Waals surface area (Å²) in [6.45, 7) is 1.99. The summed E-state index contributed by atoms with van der Waals surface area (Å²) in [7, 11) is 0. The normalized spacial score (nSPS) is 14.4. The Morgan fingerprint density at radius 3 is 2.56 bits per heavy atom. The first kappa shape index (κ1) is 19.9. The van der Waals surface area contributed by atoms with Crippen LogP contribution in [0.25, 0.3) is 28.1 Å². The number of nitrogens with zero attached hydrogens (tertiary/aromatic N) is 3. The van der Waals surface area contributed by atoms with Gasteiger partial charge in [-0.25, -0.2) is 4.39 Å². The summed E-state index contributed by atoms with van der Waals surface area (Å²) in [5.41, 5.74) is 7.45. The van der Waals surface area contributed by atoms with Crippen LogP contribution >= 0.6 is 0 Å².